The lowest BCUT2D eigenvalue weighted by molar-refractivity contribution is -0.143. The van der Waals surface area contributed by atoms with Gasteiger partial charge in [-0.05, 0) is 19.8 Å². The van der Waals surface area contributed by atoms with Crippen LogP contribution in [0, 0.1) is 12.3 Å². The van der Waals surface area contributed by atoms with Crippen molar-refractivity contribution in [1.82, 2.24) is 14.7 Å². The Morgan fingerprint density at radius 1 is 1.14 bits per heavy atom. The molecule has 1 aromatic heterocycles. The molecule has 0 aromatic carbocycles. The lowest BCUT2D eigenvalue weighted by Gasteiger charge is -2.37. The Kier molecular flexibility index (Phi) is 3.48. The number of carbonyl (C=O) groups is 3. The van der Waals surface area contributed by atoms with E-state index in [9.17, 15) is 14.4 Å². The van der Waals surface area contributed by atoms with Crippen molar-refractivity contribution in [2.45, 2.75) is 45.4 Å². The van der Waals surface area contributed by atoms with Crippen LogP contribution in [0.25, 0.3) is 0 Å². The lowest BCUT2D eigenvalue weighted by Crippen LogP contribution is -2.64. The minimum Gasteiger partial charge on any atom is -0.276 e. The van der Waals surface area contributed by atoms with Gasteiger partial charge in [-0.1, -0.05) is 25.7 Å². The third-order valence-electron chi connectivity index (χ3n) is 4.14. The number of aromatic nitrogens is 2. The normalized spacial score (nSPS) is 22.3. The molecule has 1 spiro atoms. The molecule has 1 aromatic rings. The molecule has 0 atom stereocenters. The van der Waals surface area contributed by atoms with Crippen LogP contribution in [-0.2, 0) is 9.59 Å². The van der Waals surface area contributed by atoms with Gasteiger partial charge < -0.3 is 0 Å². The molecule has 8 heteroatoms. The van der Waals surface area contributed by atoms with Crippen LogP contribution in [0.3, 0.4) is 0 Å². The first-order valence-electron chi connectivity index (χ1n) is 7.05. The summed E-state index contributed by atoms with van der Waals surface area (Å²) in [5.41, 5.74) is -1.12. The summed E-state index contributed by atoms with van der Waals surface area (Å²) in [6, 6.07) is -0.726. The van der Waals surface area contributed by atoms with Gasteiger partial charge in [-0.3, -0.25) is 14.9 Å². The predicted molar refractivity (Wildman–Crippen MR) is 75.8 cm³/mol. The van der Waals surface area contributed by atoms with Crippen LogP contribution in [0.4, 0.5) is 9.93 Å². The van der Waals surface area contributed by atoms with Crippen LogP contribution in [-0.4, -0.2) is 27.2 Å². The topological polar surface area (TPSA) is 92.3 Å². The van der Waals surface area contributed by atoms with Crippen molar-refractivity contribution in [1.29, 1.82) is 0 Å². The van der Waals surface area contributed by atoms with Crippen LogP contribution < -0.4 is 10.2 Å². The number of rotatable bonds is 1. The standard InChI is InChI=1S/C13H16N4O3S/c1-8-14-12(21-16-8)17-10(19)13(9(18)15-11(17)20)6-4-2-3-5-7-13/h2-7H2,1H3,(H,15,18,20). The molecule has 2 aliphatic rings. The molecule has 2 heterocycles. The van der Waals surface area contributed by atoms with Crippen molar-refractivity contribution in [2.75, 3.05) is 4.90 Å². The second-order valence-electron chi connectivity index (χ2n) is 5.52. The van der Waals surface area contributed by atoms with Gasteiger partial charge in [-0.15, -0.1) is 0 Å². The monoisotopic (exact) mass is 308 g/mol. The largest absolute Gasteiger partial charge is 0.337 e. The molecule has 1 N–H and O–H groups in total. The molecule has 2 fully saturated rings. The van der Waals surface area contributed by atoms with Crippen LogP contribution in [0.1, 0.15) is 44.3 Å². The molecule has 0 unspecified atom stereocenters. The average molecular weight is 308 g/mol. The maximum atomic E-state index is 12.9. The Hall–Kier alpha value is -1.83. The highest BCUT2D eigenvalue weighted by Crippen LogP contribution is 2.40. The highest BCUT2D eigenvalue weighted by atomic mass is 32.1. The molecule has 1 saturated carbocycles. The van der Waals surface area contributed by atoms with Crippen LogP contribution >= 0.6 is 11.5 Å². The number of anilines is 1. The highest BCUT2D eigenvalue weighted by Gasteiger charge is 2.54. The van der Waals surface area contributed by atoms with Gasteiger partial charge in [0.25, 0.3) is 5.91 Å². The molecular formula is C13H16N4O3S. The molecule has 112 valence electrons. The first-order chi connectivity index (χ1) is 10.0. The van der Waals surface area contributed by atoms with E-state index in [1.807, 2.05) is 0 Å². The zero-order chi connectivity index (χ0) is 15.0. The maximum absolute atomic E-state index is 12.9. The number of aryl methyl sites for hydroxylation is 1. The van der Waals surface area contributed by atoms with E-state index in [4.69, 9.17) is 0 Å². The maximum Gasteiger partial charge on any atom is 0.337 e. The second kappa shape index (κ2) is 5.18. The number of carbonyl (C=O) groups excluding carboxylic acids is 3. The fraction of sp³-hybridized carbons (Fsp3) is 0.615. The summed E-state index contributed by atoms with van der Waals surface area (Å²) in [5, 5.41) is 2.55. The molecule has 0 radical (unpaired) electrons. The number of amides is 4. The van der Waals surface area contributed by atoms with Crippen molar-refractivity contribution in [2.24, 2.45) is 5.41 Å². The molecule has 0 bridgehead atoms. The van der Waals surface area contributed by atoms with Crippen molar-refractivity contribution in [3.8, 4) is 0 Å². The van der Waals surface area contributed by atoms with Gasteiger partial charge in [0.1, 0.15) is 11.2 Å². The number of urea groups is 1. The number of imide groups is 2. The van der Waals surface area contributed by atoms with Gasteiger partial charge >= 0.3 is 6.03 Å². The van der Waals surface area contributed by atoms with Gasteiger partial charge in [-0.25, -0.2) is 14.7 Å². The Labute approximate surface area is 125 Å². The number of nitrogens with one attached hydrogen (secondary N) is 1. The summed E-state index contributed by atoms with van der Waals surface area (Å²) in [6.07, 6.45) is 4.62. The summed E-state index contributed by atoms with van der Waals surface area (Å²) in [6.45, 7) is 1.69. The zero-order valence-electron chi connectivity index (χ0n) is 11.7. The number of hydrogen-bond acceptors (Lipinski definition) is 6. The van der Waals surface area contributed by atoms with Gasteiger partial charge in [0.05, 0.1) is 0 Å². The Bertz CT molecular complexity index is 604. The van der Waals surface area contributed by atoms with Crippen molar-refractivity contribution in [3.63, 3.8) is 0 Å². The number of barbiturate groups is 1. The van der Waals surface area contributed by atoms with Crippen molar-refractivity contribution in [3.05, 3.63) is 5.82 Å². The van der Waals surface area contributed by atoms with Gasteiger partial charge in [0.2, 0.25) is 11.0 Å². The molecule has 1 aliphatic carbocycles. The van der Waals surface area contributed by atoms with E-state index in [2.05, 4.69) is 14.7 Å². The molecule has 1 saturated heterocycles. The molecular weight excluding hydrogens is 292 g/mol. The summed E-state index contributed by atoms with van der Waals surface area (Å²) in [4.78, 5) is 42.3. The summed E-state index contributed by atoms with van der Waals surface area (Å²) in [7, 11) is 0. The SMILES string of the molecule is Cc1nsc(N2C(=O)NC(=O)C3(CCCCCC3)C2=O)n1. The molecule has 1 aliphatic heterocycles. The first kappa shape index (κ1) is 14.1. The van der Waals surface area contributed by atoms with Gasteiger partial charge in [0.15, 0.2) is 0 Å². The van der Waals surface area contributed by atoms with E-state index in [0.29, 0.717) is 18.7 Å². The van der Waals surface area contributed by atoms with E-state index in [1.54, 1.807) is 6.92 Å². The molecule has 3 rings (SSSR count). The zero-order valence-corrected chi connectivity index (χ0v) is 12.5. The van der Waals surface area contributed by atoms with Crippen LogP contribution in [0.5, 0.6) is 0 Å². The molecule has 7 nitrogen and oxygen atoms in total. The minimum atomic E-state index is -1.12. The highest BCUT2D eigenvalue weighted by molar-refractivity contribution is 7.10. The van der Waals surface area contributed by atoms with Gasteiger partial charge in [0, 0.05) is 11.5 Å². The lowest BCUT2D eigenvalue weighted by atomic mass is 9.77. The number of hydrogen-bond donors (Lipinski definition) is 1. The summed E-state index contributed by atoms with van der Waals surface area (Å²) < 4.78 is 4.00. The minimum absolute atomic E-state index is 0.228. The van der Waals surface area contributed by atoms with Crippen LogP contribution in [0.15, 0.2) is 0 Å². The van der Waals surface area contributed by atoms with Crippen molar-refractivity contribution < 1.29 is 14.4 Å². The second-order valence-corrected chi connectivity index (χ2v) is 6.25. The number of nitrogens with zero attached hydrogens (tertiary/aromatic N) is 3. The summed E-state index contributed by atoms with van der Waals surface area (Å²) >= 11 is 0.989. The van der Waals surface area contributed by atoms with E-state index in [0.717, 1.165) is 42.1 Å². The average Bonchev–Trinajstić information content (AvgIpc) is 2.73. The smallest absolute Gasteiger partial charge is 0.276 e. The van der Waals surface area contributed by atoms with E-state index in [1.165, 1.54) is 0 Å². The fourth-order valence-corrected chi connectivity index (χ4v) is 3.67. The molecule has 21 heavy (non-hydrogen) atoms. The molecule has 4 amide bonds. The summed E-state index contributed by atoms with van der Waals surface area (Å²) in [5.74, 6) is -0.409. The Morgan fingerprint density at radius 2 is 1.81 bits per heavy atom. The van der Waals surface area contributed by atoms with Gasteiger partial charge in [-0.2, -0.15) is 4.37 Å². The van der Waals surface area contributed by atoms with Crippen molar-refractivity contribution >= 4 is 34.5 Å². The quantitative estimate of drug-likeness (QED) is 0.798. The third kappa shape index (κ3) is 2.23. The predicted octanol–water partition coefficient (Wildman–Crippen LogP) is 1.77. The van der Waals surface area contributed by atoms with E-state index >= 15 is 0 Å². The third-order valence-corrected chi connectivity index (χ3v) is 4.93. The van der Waals surface area contributed by atoms with Crippen LogP contribution in [0.2, 0.25) is 0 Å². The fourth-order valence-electron chi connectivity index (χ4n) is 3.00. The van der Waals surface area contributed by atoms with E-state index in [-0.39, 0.29) is 5.13 Å². The van der Waals surface area contributed by atoms with E-state index < -0.39 is 23.3 Å². The first-order valence-corrected chi connectivity index (χ1v) is 7.82. The Balaban J connectivity index is 2.00. The Morgan fingerprint density at radius 3 is 2.38 bits per heavy atom.